The van der Waals surface area contributed by atoms with Gasteiger partial charge < -0.3 is 15.0 Å². The molecule has 9 heteroatoms. The van der Waals surface area contributed by atoms with Crippen molar-refractivity contribution < 1.29 is 22.7 Å². The second kappa shape index (κ2) is 11.3. The van der Waals surface area contributed by atoms with Crippen LogP contribution in [-0.4, -0.2) is 44.8 Å². The monoisotopic (exact) mass is 507 g/mol. The summed E-state index contributed by atoms with van der Waals surface area (Å²) < 4.78 is 33.4. The lowest BCUT2D eigenvalue weighted by atomic mass is 10.1. The van der Waals surface area contributed by atoms with Gasteiger partial charge in [0, 0.05) is 24.5 Å². The van der Waals surface area contributed by atoms with E-state index in [9.17, 15) is 18.0 Å². The summed E-state index contributed by atoms with van der Waals surface area (Å²) >= 11 is 0. The van der Waals surface area contributed by atoms with E-state index in [2.05, 4.69) is 10.0 Å². The molecule has 0 unspecified atom stereocenters. The summed E-state index contributed by atoms with van der Waals surface area (Å²) in [7, 11) is -3.75. The minimum absolute atomic E-state index is 0.101. The van der Waals surface area contributed by atoms with Gasteiger partial charge in [-0.1, -0.05) is 30.3 Å². The number of nitrogens with one attached hydrogen (secondary N) is 2. The Hall–Kier alpha value is -3.85. The number of carbonyl (C=O) groups is 2. The molecule has 0 spiro atoms. The fraction of sp³-hybridized carbons (Fsp3) is 0.259. The number of anilines is 2. The Balaban J connectivity index is 1.29. The standard InChI is InChI=1S/C27H29N3O5S/c1-20-17-24(36(33,34)29-23-7-3-2-4-8-23)13-14-25(20)35-19-26(31)28-22-11-9-21(10-12-22)18-27(32)30-15-5-6-16-30/h2-4,7-14,17,29H,5-6,15-16,18-19H2,1H3,(H,28,31). The maximum Gasteiger partial charge on any atom is 0.262 e. The number of amides is 2. The number of sulfonamides is 1. The number of aryl methyl sites for hydroxylation is 1. The Morgan fingerprint density at radius 3 is 2.28 bits per heavy atom. The summed E-state index contributed by atoms with van der Waals surface area (Å²) in [5.41, 5.74) is 2.56. The molecule has 1 fully saturated rings. The van der Waals surface area contributed by atoms with Gasteiger partial charge in [0.05, 0.1) is 11.3 Å². The average molecular weight is 508 g/mol. The summed E-state index contributed by atoms with van der Waals surface area (Å²) in [5.74, 6) is 0.194. The molecule has 0 radical (unpaired) electrons. The van der Waals surface area contributed by atoms with Gasteiger partial charge in [0.2, 0.25) is 5.91 Å². The molecule has 4 rings (SSSR count). The van der Waals surface area contributed by atoms with Crippen molar-refractivity contribution in [3.8, 4) is 5.75 Å². The Bertz CT molecular complexity index is 1320. The average Bonchev–Trinajstić information content (AvgIpc) is 3.40. The molecule has 0 aromatic heterocycles. The second-order valence-corrected chi connectivity index (χ2v) is 10.4. The van der Waals surface area contributed by atoms with Crippen molar-refractivity contribution in [1.29, 1.82) is 0 Å². The molecule has 0 bridgehead atoms. The number of carbonyl (C=O) groups excluding carboxylic acids is 2. The maximum absolute atomic E-state index is 12.6. The third kappa shape index (κ3) is 6.63. The zero-order valence-electron chi connectivity index (χ0n) is 20.1. The highest BCUT2D eigenvalue weighted by atomic mass is 32.2. The van der Waals surface area contributed by atoms with Crippen LogP contribution < -0.4 is 14.8 Å². The van der Waals surface area contributed by atoms with Crippen molar-refractivity contribution in [3.63, 3.8) is 0 Å². The van der Waals surface area contributed by atoms with Gasteiger partial charge in [-0.3, -0.25) is 14.3 Å². The zero-order valence-corrected chi connectivity index (χ0v) is 20.9. The fourth-order valence-electron chi connectivity index (χ4n) is 3.97. The molecule has 1 aliphatic heterocycles. The second-order valence-electron chi connectivity index (χ2n) is 8.70. The highest BCUT2D eigenvalue weighted by molar-refractivity contribution is 7.92. The Labute approximate surface area is 211 Å². The van der Waals surface area contributed by atoms with Gasteiger partial charge in [0.15, 0.2) is 6.61 Å². The van der Waals surface area contributed by atoms with Crippen LogP contribution in [0, 0.1) is 6.92 Å². The number of ether oxygens (including phenoxy) is 1. The summed E-state index contributed by atoms with van der Waals surface area (Å²) in [4.78, 5) is 26.6. The molecule has 1 heterocycles. The summed E-state index contributed by atoms with van der Waals surface area (Å²) in [6.07, 6.45) is 2.48. The van der Waals surface area contributed by atoms with Gasteiger partial charge in [-0.15, -0.1) is 0 Å². The molecule has 188 valence electrons. The summed E-state index contributed by atoms with van der Waals surface area (Å²) in [5, 5.41) is 2.77. The van der Waals surface area contributed by atoms with E-state index in [0.717, 1.165) is 31.5 Å². The van der Waals surface area contributed by atoms with Gasteiger partial charge >= 0.3 is 0 Å². The molecule has 1 aliphatic rings. The molecule has 1 saturated heterocycles. The summed E-state index contributed by atoms with van der Waals surface area (Å²) in [6.45, 7) is 3.15. The van der Waals surface area contributed by atoms with Gasteiger partial charge in [-0.2, -0.15) is 0 Å². The number of likely N-dealkylation sites (tertiary alicyclic amines) is 1. The predicted octanol–water partition coefficient (Wildman–Crippen LogP) is 3.98. The molecule has 8 nitrogen and oxygen atoms in total. The molecule has 0 atom stereocenters. The first-order chi connectivity index (χ1) is 17.3. The van der Waals surface area contributed by atoms with Crippen molar-refractivity contribution in [2.24, 2.45) is 0 Å². The first-order valence-electron chi connectivity index (χ1n) is 11.8. The van der Waals surface area contributed by atoms with Crippen LogP contribution in [-0.2, 0) is 26.0 Å². The number of hydrogen-bond acceptors (Lipinski definition) is 5. The SMILES string of the molecule is Cc1cc(S(=O)(=O)Nc2ccccc2)ccc1OCC(=O)Nc1ccc(CC(=O)N2CCCC2)cc1. The molecular formula is C27H29N3O5S. The first kappa shape index (κ1) is 25.2. The molecule has 3 aromatic carbocycles. The normalized spacial score (nSPS) is 13.3. The van der Waals surface area contributed by atoms with Crippen molar-refractivity contribution in [3.05, 3.63) is 83.9 Å². The lowest BCUT2D eigenvalue weighted by Crippen LogP contribution is -2.29. The predicted molar refractivity (Wildman–Crippen MR) is 139 cm³/mol. The third-order valence-corrected chi connectivity index (χ3v) is 7.27. The fourth-order valence-corrected chi connectivity index (χ4v) is 5.11. The largest absolute Gasteiger partial charge is 0.483 e. The molecule has 2 amide bonds. The number of para-hydroxylation sites is 1. The van der Waals surface area contributed by atoms with E-state index >= 15 is 0 Å². The first-order valence-corrected chi connectivity index (χ1v) is 13.3. The lowest BCUT2D eigenvalue weighted by molar-refractivity contribution is -0.129. The highest BCUT2D eigenvalue weighted by Crippen LogP contribution is 2.24. The van der Waals surface area contributed by atoms with Gasteiger partial charge in [-0.25, -0.2) is 8.42 Å². The zero-order chi connectivity index (χ0) is 25.5. The molecular weight excluding hydrogens is 478 g/mol. The smallest absolute Gasteiger partial charge is 0.262 e. The van der Waals surface area contributed by atoms with Crippen LogP contribution in [0.4, 0.5) is 11.4 Å². The van der Waals surface area contributed by atoms with Crippen molar-refractivity contribution in [1.82, 2.24) is 4.90 Å². The van der Waals surface area contributed by atoms with Crippen LogP contribution in [0.1, 0.15) is 24.0 Å². The van der Waals surface area contributed by atoms with E-state index < -0.39 is 10.0 Å². The van der Waals surface area contributed by atoms with Crippen LogP contribution in [0.2, 0.25) is 0 Å². The van der Waals surface area contributed by atoms with Crippen LogP contribution in [0.15, 0.2) is 77.7 Å². The maximum atomic E-state index is 12.6. The quantitative estimate of drug-likeness (QED) is 0.456. The van der Waals surface area contributed by atoms with E-state index in [1.54, 1.807) is 49.4 Å². The van der Waals surface area contributed by atoms with Crippen molar-refractivity contribution >= 4 is 33.2 Å². The third-order valence-electron chi connectivity index (χ3n) is 5.89. The van der Waals surface area contributed by atoms with E-state index in [4.69, 9.17) is 4.74 Å². The van der Waals surface area contributed by atoms with Crippen molar-refractivity contribution in [2.45, 2.75) is 31.1 Å². The Morgan fingerprint density at radius 2 is 1.61 bits per heavy atom. The number of nitrogens with zero attached hydrogens (tertiary/aromatic N) is 1. The minimum atomic E-state index is -3.75. The van der Waals surface area contributed by atoms with Crippen LogP contribution in [0.5, 0.6) is 5.75 Å². The number of hydrogen-bond donors (Lipinski definition) is 2. The Kier molecular flexibility index (Phi) is 7.90. The van der Waals surface area contributed by atoms with Crippen LogP contribution >= 0.6 is 0 Å². The number of benzene rings is 3. The van der Waals surface area contributed by atoms with Crippen molar-refractivity contribution in [2.75, 3.05) is 29.7 Å². The topological polar surface area (TPSA) is 105 Å². The van der Waals surface area contributed by atoms with E-state index in [1.165, 1.54) is 18.2 Å². The molecule has 0 aliphatic carbocycles. The highest BCUT2D eigenvalue weighted by Gasteiger charge is 2.18. The molecule has 36 heavy (non-hydrogen) atoms. The van der Waals surface area contributed by atoms with Crippen LogP contribution in [0.25, 0.3) is 0 Å². The van der Waals surface area contributed by atoms with Gasteiger partial charge in [-0.05, 0) is 73.4 Å². The van der Waals surface area contributed by atoms with Gasteiger partial charge in [0.1, 0.15) is 5.75 Å². The van der Waals surface area contributed by atoms with Crippen LogP contribution in [0.3, 0.4) is 0 Å². The number of rotatable bonds is 9. The van der Waals surface area contributed by atoms with E-state index in [0.29, 0.717) is 29.1 Å². The van der Waals surface area contributed by atoms with E-state index in [-0.39, 0.29) is 23.3 Å². The molecule has 3 aromatic rings. The minimum Gasteiger partial charge on any atom is -0.483 e. The summed E-state index contributed by atoms with van der Waals surface area (Å²) in [6, 6.07) is 20.3. The lowest BCUT2D eigenvalue weighted by Gasteiger charge is -2.15. The molecule has 2 N–H and O–H groups in total. The Morgan fingerprint density at radius 1 is 0.917 bits per heavy atom. The molecule has 0 saturated carbocycles. The van der Waals surface area contributed by atoms with Gasteiger partial charge in [0.25, 0.3) is 15.9 Å². The van der Waals surface area contributed by atoms with E-state index in [1.807, 2.05) is 17.0 Å².